The predicted octanol–water partition coefficient (Wildman–Crippen LogP) is 5.61. The van der Waals surface area contributed by atoms with E-state index in [-0.39, 0.29) is 0 Å². The molecule has 0 aliphatic rings. The minimum absolute atomic E-state index is 0.756. The number of para-hydroxylation sites is 1. The van der Waals surface area contributed by atoms with Gasteiger partial charge in [0.25, 0.3) is 0 Å². The Morgan fingerprint density at radius 1 is 0.900 bits per heavy atom. The van der Waals surface area contributed by atoms with E-state index in [1.165, 1.54) is 28.1 Å². The zero-order chi connectivity index (χ0) is 14.4. The molecule has 0 atom stereocenters. The van der Waals surface area contributed by atoms with Gasteiger partial charge in [0.2, 0.25) is 0 Å². The minimum atomic E-state index is 0.756. The summed E-state index contributed by atoms with van der Waals surface area (Å²) in [5.41, 5.74) is 6.29. The number of nitrogens with one attached hydrogen (secondary N) is 1. The van der Waals surface area contributed by atoms with Crippen LogP contribution in [0.4, 0.5) is 11.4 Å². The van der Waals surface area contributed by atoms with Gasteiger partial charge < -0.3 is 5.32 Å². The lowest BCUT2D eigenvalue weighted by atomic mass is 10.0. The van der Waals surface area contributed by atoms with Gasteiger partial charge in [-0.2, -0.15) is 0 Å². The summed E-state index contributed by atoms with van der Waals surface area (Å²) in [6.45, 7) is 4.28. The topological polar surface area (TPSA) is 12.0 Å². The highest BCUT2D eigenvalue weighted by molar-refractivity contribution is 6.17. The molecule has 1 nitrogen and oxygen atoms in total. The summed E-state index contributed by atoms with van der Waals surface area (Å²) < 4.78 is 0. The molecule has 0 amide bonds. The lowest BCUT2D eigenvalue weighted by Crippen LogP contribution is -1.96. The Morgan fingerprint density at radius 3 is 2.35 bits per heavy atom. The summed E-state index contributed by atoms with van der Waals surface area (Å²) in [4.78, 5) is 0. The van der Waals surface area contributed by atoms with Crippen LogP contribution in [-0.4, -0.2) is 5.88 Å². The van der Waals surface area contributed by atoms with Gasteiger partial charge in [0, 0.05) is 17.3 Å². The third-order valence-corrected chi connectivity index (χ3v) is 3.82. The molecule has 0 aliphatic heterocycles. The number of hydrogen-bond donors (Lipinski definition) is 1. The summed E-state index contributed by atoms with van der Waals surface area (Å²) in [7, 11) is 0. The fourth-order valence-corrected chi connectivity index (χ4v) is 2.49. The van der Waals surface area contributed by atoms with Gasteiger partial charge in [-0.05, 0) is 61.9 Å². The second-order valence-electron chi connectivity index (χ2n) is 5.24. The van der Waals surface area contributed by atoms with E-state index in [1.54, 1.807) is 0 Å². The minimum Gasteiger partial charge on any atom is -0.355 e. The smallest absolute Gasteiger partial charge is 0.0414 e. The van der Waals surface area contributed by atoms with Crippen LogP contribution in [0, 0.1) is 13.8 Å². The monoisotopic (exact) mass is 287 g/mol. The van der Waals surface area contributed by atoms with Crippen molar-refractivity contribution in [2.75, 3.05) is 11.2 Å². The Kier molecular flexibility index (Phi) is 5.49. The summed E-state index contributed by atoms with van der Waals surface area (Å²) >= 11 is 5.72. The average Bonchev–Trinajstić information content (AvgIpc) is 2.44. The molecular formula is C18H22ClN. The van der Waals surface area contributed by atoms with E-state index in [9.17, 15) is 0 Å². The molecule has 106 valence electrons. The van der Waals surface area contributed by atoms with E-state index >= 15 is 0 Å². The first-order valence-electron chi connectivity index (χ1n) is 7.19. The molecule has 1 N–H and O–H groups in total. The largest absolute Gasteiger partial charge is 0.355 e. The van der Waals surface area contributed by atoms with Crippen LogP contribution < -0.4 is 5.32 Å². The standard InChI is InChI=1S/C18H22ClN/c1-14-7-3-4-9-17(14)20-18-11-10-16(13-15(18)2)8-5-6-12-19/h3-4,7,9-11,13,20H,5-6,8,12H2,1-2H3. The third kappa shape index (κ3) is 4.01. The van der Waals surface area contributed by atoms with Gasteiger partial charge in [0.1, 0.15) is 0 Å². The van der Waals surface area contributed by atoms with Crippen molar-refractivity contribution in [3.8, 4) is 0 Å². The van der Waals surface area contributed by atoms with Crippen LogP contribution in [0.5, 0.6) is 0 Å². The Morgan fingerprint density at radius 2 is 1.65 bits per heavy atom. The van der Waals surface area contributed by atoms with E-state index in [1.807, 2.05) is 0 Å². The Hall–Kier alpha value is -1.47. The van der Waals surface area contributed by atoms with E-state index in [0.717, 1.165) is 25.1 Å². The molecule has 0 heterocycles. The number of hydrogen-bond acceptors (Lipinski definition) is 1. The highest BCUT2D eigenvalue weighted by Gasteiger charge is 2.02. The number of benzene rings is 2. The maximum absolute atomic E-state index is 5.72. The molecule has 0 saturated heterocycles. The zero-order valence-corrected chi connectivity index (χ0v) is 13.0. The van der Waals surface area contributed by atoms with Crippen LogP contribution in [-0.2, 0) is 6.42 Å². The number of alkyl halides is 1. The average molecular weight is 288 g/mol. The van der Waals surface area contributed by atoms with Crippen molar-refractivity contribution in [1.29, 1.82) is 0 Å². The van der Waals surface area contributed by atoms with Crippen LogP contribution in [0.15, 0.2) is 42.5 Å². The van der Waals surface area contributed by atoms with Crippen molar-refractivity contribution in [3.05, 3.63) is 59.2 Å². The number of anilines is 2. The van der Waals surface area contributed by atoms with Gasteiger partial charge in [0.05, 0.1) is 0 Å². The molecule has 0 unspecified atom stereocenters. The highest BCUT2D eigenvalue weighted by atomic mass is 35.5. The number of rotatable bonds is 6. The quantitative estimate of drug-likeness (QED) is 0.538. The normalized spacial score (nSPS) is 10.6. The predicted molar refractivity (Wildman–Crippen MR) is 89.3 cm³/mol. The molecule has 2 aromatic carbocycles. The highest BCUT2D eigenvalue weighted by Crippen LogP contribution is 2.24. The fraction of sp³-hybridized carbons (Fsp3) is 0.333. The van der Waals surface area contributed by atoms with Crippen LogP contribution >= 0.6 is 11.6 Å². The third-order valence-electron chi connectivity index (χ3n) is 3.55. The van der Waals surface area contributed by atoms with Crippen molar-refractivity contribution in [3.63, 3.8) is 0 Å². The van der Waals surface area contributed by atoms with Crippen molar-refractivity contribution in [2.45, 2.75) is 33.1 Å². The molecule has 0 spiro atoms. The summed E-state index contributed by atoms with van der Waals surface area (Å²) in [6, 6.07) is 15.0. The van der Waals surface area contributed by atoms with Gasteiger partial charge in [-0.3, -0.25) is 0 Å². The van der Waals surface area contributed by atoms with Gasteiger partial charge in [-0.25, -0.2) is 0 Å². The van der Waals surface area contributed by atoms with Crippen LogP contribution in [0.25, 0.3) is 0 Å². The Balaban J connectivity index is 2.08. The zero-order valence-electron chi connectivity index (χ0n) is 12.2. The second kappa shape index (κ2) is 7.35. The molecular weight excluding hydrogens is 266 g/mol. The van der Waals surface area contributed by atoms with Gasteiger partial charge >= 0.3 is 0 Å². The number of halogens is 1. The second-order valence-corrected chi connectivity index (χ2v) is 5.61. The molecule has 2 rings (SSSR count). The van der Waals surface area contributed by atoms with E-state index < -0.39 is 0 Å². The molecule has 2 aromatic rings. The first-order chi connectivity index (χ1) is 9.70. The van der Waals surface area contributed by atoms with Crippen LogP contribution in [0.3, 0.4) is 0 Å². The van der Waals surface area contributed by atoms with Crippen LogP contribution in [0.1, 0.15) is 29.5 Å². The molecule has 0 radical (unpaired) electrons. The fourth-order valence-electron chi connectivity index (χ4n) is 2.30. The Labute approximate surface area is 127 Å². The van der Waals surface area contributed by atoms with E-state index in [0.29, 0.717) is 0 Å². The SMILES string of the molecule is Cc1ccccc1Nc1ccc(CCCCCl)cc1C. The number of aryl methyl sites for hydroxylation is 3. The van der Waals surface area contributed by atoms with Crippen molar-refractivity contribution in [1.82, 2.24) is 0 Å². The molecule has 0 saturated carbocycles. The van der Waals surface area contributed by atoms with Crippen LogP contribution in [0.2, 0.25) is 0 Å². The van der Waals surface area contributed by atoms with Gasteiger partial charge in [-0.1, -0.05) is 30.3 Å². The van der Waals surface area contributed by atoms with E-state index in [4.69, 9.17) is 11.6 Å². The first kappa shape index (κ1) is 14.9. The van der Waals surface area contributed by atoms with E-state index in [2.05, 4.69) is 61.6 Å². The maximum atomic E-state index is 5.72. The summed E-state index contributed by atoms with van der Waals surface area (Å²) in [5.74, 6) is 0.756. The Bertz CT molecular complexity index is 563. The first-order valence-corrected chi connectivity index (χ1v) is 7.72. The molecule has 0 aromatic heterocycles. The maximum Gasteiger partial charge on any atom is 0.0414 e. The summed E-state index contributed by atoms with van der Waals surface area (Å²) in [6.07, 6.45) is 3.36. The molecule has 0 aliphatic carbocycles. The molecule has 20 heavy (non-hydrogen) atoms. The van der Waals surface area contributed by atoms with Gasteiger partial charge in [0.15, 0.2) is 0 Å². The summed E-state index contributed by atoms with van der Waals surface area (Å²) in [5, 5.41) is 3.51. The lowest BCUT2D eigenvalue weighted by Gasteiger charge is -2.13. The van der Waals surface area contributed by atoms with Crippen molar-refractivity contribution in [2.24, 2.45) is 0 Å². The van der Waals surface area contributed by atoms with Crippen molar-refractivity contribution < 1.29 is 0 Å². The number of unbranched alkanes of at least 4 members (excludes halogenated alkanes) is 1. The molecule has 2 heteroatoms. The molecule has 0 bridgehead atoms. The molecule has 0 fully saturated rings. The van der Waals surface area contributed by atoms with Gasteiger partial charge in [-0.15, -0.1) is 11.6 Å². The van der Waals surface area contributed by atoms with Crippen molar-refractivity contribution >= 4 is 23.0 Å². The lowest BCUT2D eigenvalue weighted by molar-refractivity contribution is 0.799.